The number of H-pyrrole nitrogens is 2. The van der Waals surface area contributed by atoms with Crippen LogP contribution in [0.3, 0.4) is 0 Å². The van der Waals surface area contributed by atoms with Gasteiger partial charge in [0.1, 0.15) is 0 Å². The number of imidazole rings is 1. The Labute approximate surface area is 85.1 Å². The smallest absolute Gasteiger partial charge is 0.278 e. The molecule has 0 spiro atoms. The number of nitrogens with zero attached hydrogens (tertiary/aromatic N) is 2. The number of aromatic nitrogens is 4. The molecular weight excluding hydrogens is 261 g/mol. The molecule has 0 aromatic carbocycles. The number of halogens is 2. The van der Waals surface area contributed by atoms with Crippen molar-refractivity contribution in [2.45, 2.75) is 0 Å². The van der Waals surface area contributed by atoms with Crippen molar-refractivity contribution in [2.75, 3.05) is 4.34 Å². The van der Waals surface area contributed by atoms with Crippen LogP contribution in [0.1, 0.15) is 0 Å². The van der Waals surface area contributed by atoms with E-state index >= 15 is 0 Å². The molecule has 2 aromatic rings. The molecule has 13 heavy (non-hydrogen) atoms. The molecule has 0 fully saturated rings. The molecule has 0 saturated heterocycles. The Morgan fingerprint density at radius 1 is 1.38 bits per heavy atom. The van der Waals surface area contributed by atoms with Gasteiger partial charge >= 0.3 is 0 Å². The highest BCUT2D eigenvalue weighted by Gasteiger charge is 2.07. The Kier molecular flexibility index (Phi) is 1.97. The van der Waals surface area contributed by atoms with E-state index in [1.165, 1.54) is 0 Å². The first kappa shape index (κ1) is 8.52. The summed E-state index contributed by atoms with van der Waals surface area (Å²) in [5, 5.41) is 0.139. The third-order valence-electron chi connectivity index (χ3n) is 1.42. The summed E-state index contributed by atoms with van der Waals surface area (Å²) < 4.78 is 2.52. The molecule has 0 aliphatic carbocycles. The van der Waals surface area contributed by atoms with E-state index in [2.05, 4.69) is 40.4 Å². The number of anilines is 1. The Morgan fingerprint density at radius 2 is 2.15 bits per heavy atom. The molecule has 68 valence electrons. The van der Waals surface area contributed by atoms with E-state index in [0.29, 0.717) is 0 Å². The molecule has 2 rings (SSSR count). The lowest BCUT2D eigenvalue weighted by molar-refractivity contribution is 1.17. The van der Waals surface area contributed by atoms with Crippen molar-refractivity contribution in [1.29, 1.82) is 0 Å². The first-order valence-electron chi connectivity index (χ1n) is 3.23. The van der Waals surface area contributed by atoms with Crippen molar-refractivity contribution in [2.24, 2.45) is 0 Å². The molecule has 0 aliphatic rings. The number of fused-ring (bicyclic) bond motifs is 1. The van der Waals surface area contributed by atoms with Crippen LogP contribution in [0.4, 0.5) is 5.95 Å². The fraction of sp³-hybridized carbons (Fsp3) is 0. The van der Waals surface area contributed by atoms with Crippen molar-refractivity contribution in [1.82, 2.24) is 19.9 Å². The van der Waals surface area contributed by atoms with Gasteiger partial charge in [0.25, 0.3) is 5.56 Å². The maximum absolute atomic E-state index is 11.3. The minimum atomic E-state index is -0.327. The van der Waals surface area contributed by atoms with Gasteiger partial charge in [0.15, 0.2) is 11.2 Å². The highest BCUT2D eigenvalue weighted by atomic mass is 79.9. The Hall–Kier alpha value is -1.08. The second-order valence-electron chi connectivity index (χ2n) is 2.24. The minimum absolute atomic E-state index is 0.139. The number of nitrogens with one attached hydrogen (secondary N) is 3. The third-order valence-corrected chi connectivity index (χ3v) is 1.98. The van der Waals surface area contributed by atoms with Crippen molar-refractivity contribution < 1.29 is 0 Å². The van der Waals surface area contributed by atoms with Gasteiger partial charge in [-0.1, -0.05) is 0 Å². The number of rotatable bonds is 1. The van der Waals surface area contributed by atoms with E-state index in [4.69, 9.17) is 11.6 Å². The molecule has 8 heteroatoms. The second kappa shape index (κ2) is 3.00. The topological polar surface area (TPSA) is 86.5 Å². The van der Waals surface area contributed by atoms with Gasteiger partial charge in [0.05, 0.1) is 0 Å². The van der Waals surface area contributed by atoms with E-state index in [1.54, 1.807) is 0 Å². The van der Waals surface area contributed by atoms with Crippen molar-refractivity contribution >= 4 is 44.9 Å². The molecule has 6 nitrogen and oxygen atoms in total. The van der Waals surface area contributed by atoms with Crippen LogP contribution >= 0.6 is 27.7 Å². The summed E-state index contributed by atoms with van der Waals surface area (Å²) in [4.78, 5) is 24.1. The Balaban J connectivity index is 2.83. The monoisotopic (exact) mass is 263 g/mol. The maximum atomic E-state index is 11.3. The largest absolute Gasteiger partial charge is 0.323 e. The molecule has 0 radical (unpaired) electrons. The second-order valence-corrected chi connectivity index (χ2v) is 2.99. The molecule has 0 unspecified atom stereocenters. The zero-order valence-electron chi connectivity index (χ0n) is 6.06. The van der Waals surface area contributed by atoms with Gasteiger partial charge in [-0.15, -0.1) is 0 Å². The number of hydrogen-bond acceptors (Lipinski definition) is 4. The summed E-state index contributed by atoms with van der Waals surface area (Å²) in [6.45, 7) is 0. The lowest BCUT2D eigenvalue weighted by atomic mass is 10.5. The van der Waals surface area contributed by atoms with Gasteiger partial charge in [-0.3, -0.25) is 14.1 Å². The van der Waals surface area contributed by atoms with Crippen LogP contribution in [0.5, 0.6) is 0 Å². The third kappa shape index (κ3) is 1.40. The predicted octanol–water partition coefficient (Wildman–Crippen LogP) is 1.02. The minimum Gasteiger partial charge on any atom is -0.323 e. The summed E-state index contributed by atoms with van der Waals surface area (Å²) >= 11 is 8.49. The molecule has 3 N–H and O–H groups in total. The van der Waals surface area contributed by atoms with Crippen molar-refractivity contribution in [3.05, 3.63) is 15.6 Å². The van der Waals surface area contributed by atoms with Crippen LogP contribution in [0.15, 0.2) is 4.79 Å². The summed E-state index contributed by atoms with van der Waals surface area (Å²) in [6.07, 6.45) is 0. The molecule has 0 amide bonds. The zero-order chi connectivity index (χ0) is 9.42. The average molecular weight is 264 g/mol. The van der Waals surface area contributed by atoms with Crippen LogP contribution in [-0.2, 0) is 0 Å². The van der Waals surface area contributed by atoms with Gasteiger partial charge in [0.2, 0.25) is 11.2 Å². The van der Waals surface area contributed by atoms with Crippen molar-refractivity contribution in [3.63, 3.8) is 0 Å². The lowest BCUT2D eigenvalue weighted by Crippen LogP contribution is -2.09. The first-order valence-corrected chi connectivity index (χ1v) is 4.40. The van der Waals surface area contributed by atoms with Crippen LogP contribution in [0.25, 0.3) is 11.2 Å². The number of aromatic amines is 2. The fourth-order valence-corrected chi connectivity index (χ4v) is 1.29. The SMILES string of the molecule is O=c1[nH]c(NBr)nc2nc(Cl)[nH]c12. The highest BCUT2D eigenvalue weighted by molar-refractivity contribution is 9.10. The lowest BCUT2D eigenvalue weighted by Gasteiger charge is -1.94. The molecule has 0 saturated carbocycles. The number of hydrogen-bond donors (Lipinski definition) is 3. The average Bonchev–Trinajstić information content (AvgIpc) is 2.46. The normalized spacial score (nSPS) is 10.6. The molecule has 0 bridgehead atoms. The Bertz CT molecular complexity index is 505. The van der Waals surface area contributed by atoms with E-state index in [9.17, 15) is 4.79 Å². The highest BCUT2D eigenvalue weighted by Crippen LogP contribution is 2.09. The maximum Gasteiger partial charge on any atom is 0.278 e. The standard InChI is InChI=1S/C5H3BrClN5O/c6-12-5-10-2-1(3(13)11-5)8-4(7)9-2/h(H3,8,9,10,11,12,13). The van der Waals surface area contributed by atoms with Gasteiger partial charge in [0, 0.05) is 16.1 Å². The zero-order valence-corrected chi connectivity index (χ0v) is 8.40. The fourth-order valence-electron chi connectivity index (χ4n) is 0.924. The van der Waals surface area contributed by atoms with E-state index in [1.807, 2.05) is 0 Å². The van der Waals surface area contributed by atoms with Gasteiger partial charge in [-0.25, -0.2) is 0 Å². The first-order chi connectivity index (χ1) is 6.20. The van der Waals surface area contributed by atoms with Crippen LogP contribution in [0.2, 0.25) is 5.28 Å². The van der Waals surface area contributed by atoms with Gasteiger partial charge in [-0.05, 0) is 11.6 Å². The predicted molar refractivity (Wildman–Crippen MR) is 52.1 cm³/mol. The van der Waals surface area contributed by atoms with E-state index < -0.39 is 0 Å². The van der Waals surface area contributed by atoms with Gasteiger partial charge in [-0.2, -0.15) is 9.97 Å². The van der Waals surface area contributed by atoms with Crippen LogP contribution < -0.4 is 9.90 Å². The Morgan fingerprint density at radius 3 is 2.85 bits per heavy atom. The molecule has 0 aliphatic heterocycles. The summed E-state index contributed by atoms with van der Waals surface area (Å²) in [5.74, 6) is 0.278. The summed E-state index contributed by atoms with van der Waals surface area (Å²) in [6, 6.07) is 0. The van der Waals surface area contributed by atoms with Crippen molar-refractivity contribution in [3.8, 4) is 0 Å². The van der Waals surface area contributed by atoms with Crippen LogP contribution in [-0.4, -0.2) is 19.9 Å². The van der Waals surface area contributed by atoms with Gasteiger partial charge < -0.3 is 4.98 Å². The summed E-state index contributed by atoms with van der Waals surface area (Å²) in [5.41, 5.74) is 0.207. The quantitative estimate of drug-likeness (QED) is 0.530. The molecule has 2 heterocycles. The summed E-state index contributed by atoms with van der Waals surface area (Å²) in [7, 11) is 0. The van der Waals surface area contributed by atoms with E-state index in [0.717, 1.165) is 0 Å². The van der Waals surface area contributed by atoms with E-state index in [-0.39, 0.29) is 28.0 Å². The van der Waals surface area contributed by atoms with Crippen LogP contribution in [0, 0.1) is 0 Å². The molecule has 2 aromatic heterocycles. The molecular formula is C5H3BrClN5O. The molecule has 0 atom stereocenters.